The Bertz CT molecular complexity index is 1580. The molecule has 216 valence electrons. The van der Waals surface area contributed by atoms with Crippen LogP contribution in [0.1, 0.15) is 40.5 Å². The van der Waals surface area contributed by atoms with Crippen LogP contribution >= 0.6 is 0 Å². The fourth-order valence-corrected chi connectivity index (χ4v) is 4.44. The van der Waals surface area contributed by atoms with Gasteiger partial charge >= 0.3 is 12.4 Å². The second kappa shape index (κ2) is 11.7. The van der Waals surface area contributed by atoms with E-state index in [1.54, 1.807) is 49.4 Å². The number of nitrogens with zero attached hydrogens (tertiary/aromatic N) is 2. The van der Waals surface area contributed by atoms with Crippen molar-refractivity contribution in [3.63, 3.8) is 0 Å². The highest BCUT2D eigenvalue weighted by Gasteiger charge is 2.37. The van der Waals surface area contributed by atoms with Gasteiger partial charge in [0, 0.05) is 36.8 Å². The number of halogens is 6. The number of rotatable bonds is 8. The smallest absolute Gasteiger partial charge is 0.396 e. The van der Waals surface area contributed by atoms with Crippen molar-refractivity contribution in [1.29, 1.82) is 0 Å². The summed E-state index contributed by atoms with van der Waals surface area (Å²) in [6.07, 6.45) is -8.37. The summed E-state index contributed by atoms with van der Waals surface area (Å²) in [5.41, 5.74) is -3.23. The topological polar surface area (TPSA) is 84.2 Å². The minimum atomic E-state index is -5.05. The van der Waals surface area contributed by atoms with E-state index in [0.29, 0.717) is 35.1 Å². The van der Waals surface area contributed by atoms with E-state index in [9.17, 15) is 41.0 Å². The summed E-state index contributed by atoms with van der Waals surface area (Å²) >= 11 is 0. The van der Waals surface area contributed by atoms with Gasteiger partial charge in [0.1, 0.15) is 11.2 Å². The van der Waals surface area contributed by atoms with Crippen molar-refractivity contribution in [2.24, 2.45) is 5.92 Å². The summed E-state index contributed by atoms with van der Waals surface area (Å²) in [7, 11) is 0. The molecule has 0 spiro atoms. The molecule has 1 unspecified atom stereocenters. The van der Waals surface area contributed by atoms with Crippen LogP contribution in [0, 0.1) is 5.92 Å². The molecule has 0 fully saturated rings. The molecule has 12 heteroatoms. The normalized spacial score (nSPS) is 12.9. The monoisotopic (exact) mass is 577 g/mol. The number of aromatic nitrogens is 2. The number of hydrogen-bond donors (Lipinski definition) is 2. The van der Waals surface area contributed by atoms with Gasteiger partial charge < -0.3 is 15.0 Å². The third-order valence-corrected chi connectivity index (χ3v) is 6.57. The molecule has 41 heavy (non-hydrogen) atoms. The molecule has 0 saturated heterocycles. The maximum atomic E-state index is 13.7. The number of nitrogens with one attached hydrogen (secondary N) is 1. The molecule has 0 aliphatic heterocycles. The molecular weight excluding hydrogens is 552 g/mol. The number of pyridine rings is 2. The molecule has 1 atom stereocenters. The Morgan fingerprint density at radius 3 is 2.20 bits per heavy atom. The van der Waals surface area contributed by atoms with Gasteiger partial charge in [-0.2, -0.15) is 26.3 Å². The van der Waals surface area contributed by atoms with Crippen molar-refractivity contribution in [1.82, 2.24) is 14.9 Å². The van der Waals surface area contributed by atoms with Crippen molar-refractivity contribution in [3.05, 3.63) is 99.6 Å². The molecule has 0 bridgehead atoms. The third kappa shape index (κ3) is 6.59. The number of carbonyl (C=O) groups excluding carboxylic acids is 1. The van der Waals surface area contributed by atoms with Gasteiger partial charge in [0.15, 0.2) is 0 Å². The number of alkyl halides is 6. The standard InChI is InChI=1S/C29H25F6N3O3/c1-17(16-39)9-11-38-25(23(19-6-3-2-4-7-19)22-8-5-10-36-24(22)27(38)41)26(40)37-15-18-12-20(28(30,31)32)14-21(13-18)29(33,34)35/h2-8,10,12-14,17,39H,9,11,15-16H2,1H3,(H,37,40). The van der Waals surface area contributed by atoms with Crippen molar-refractivity contribution in [2.75, 3.05) is 6.61 Å². The second-order valence-corrected chi connectivity index (χ2v) is 9.62. The molecule has 2 aromatic heterocycles. The first-order valence-electron chi connectivity index (χ1n) is 12.6. The van der Waals surface area contributed by atoms with Crippen molar-refractivity contribution < 1.29 is 36.2 Å². The van der Waals surface area contributed by atoms with Crippen LogP contribution in [-0.2, 0) is 25.4 Å². The largest absolute Gasteiger partial charge is 0.416 e. The zero-order chi connectivity index (χ0) is 29.9. The highest BCUT2D eigenvalue weighted by Crippen LogP contribution is 2.36. The van der Waals surface area contributed by atoms with Crippen molar-refractivity contribution in [2.45, 2.75) is 38.8 Å². The summed E-state index contributed by atoms with van der Waals surface area (Å²) in [6.45, 7) is 0.891. The van der Waals surface area contributed by atoms with E-state index in [2.05, 4.69) is 10.3 Å². The number of hydrogen-bond acceptors (Lipinski definition) is 4. The lowest BCUT2D eigenvalue weighted by atomic mass is 9.97. The molecule has 1 amide bonds. The SMILES string of the molecule is CC(CO)CCn1c(C(=O)NCc2cc(C(F)(F)F)cc(C(F)(F)F)c2)c(-c2ccccc2)c2cccnc2c1=O. The highest BCUT2D eigenvalue weighted by atomic mass is 19.4. The Labute approximate surface area is 230 Å². The number of benzene rings is 2. The Morgan fingerprint density at radius 1 is 0.976 bits per heavy atom. The Balaban J connectivity index is 1.85. The van der Waals surface area contributed by atoms with Crippen LogP contribution in [0.5, 0.6) is 0 Å². The molecule has 0 radical (unpaired) electrons. The Morgan fingerprint density at radius 2 is 1.61 bits per heavy atom. The predicted molar refractivity (Wildman–Crippen MR) is 140 cm³/mol. The van der Waals surface area contributed by atoms with Crippen LogP contribution in [0.4, 0.5) is 26.3 Å². The fourth-order valence-electron chi connectivity index (χ4n) is 4.44. The number of aliphatic hydroxyl groups is 1. The van der Waals surface area contributed by atoms with Crippen LogP contribution in [0.3, 0.4) is 0 Å². The second-order valence-electron chi connectivity index (χ2n) is 9.62. The van der Waals surface area contributed by atoms with Crippen molar-refractivity contribution in [3.8, 4) is 11.1 Å². The summed E-state index contributed by atoms with van der Waals surface area (Å²) in [5, 5.41) is 12.3. The van der Waals surface area contributed by atoms with Crippen LogP contribution in [0.15, 0.2) is 71.7 Å². The molecular formula is C29H25F6N3O3. The zero-order valence-electron chi connectivity index (χ0n) is 21.7. The first-order valence-corrected chi connectivity index (χ1v) is 12.6. The van der Waals surface area contributed by atoms with Crippen LogP contribution in [0.25, 0.3) is 22.0 Å². The maximum absolute atomic E-state index is 13.7. The van der Waals surface area contributed by atoms with E-state index < -0.39 is 47.1 Å². The predicted octanol–water partition coefficient (Wildman–Crippen LogP) is 6.05. The first-order chi connectivity index (χ1) is 19.3. The van der Waals surface area contributed by atoms with E-state index in [-0.39, 0.29) is 36.3 Å². The quantitative estimate of drug-likeness (QED) is 0.250. The van der Waals surface area contributed by atoms with Gasteiger partial charge in [-0.1, -0.05) is 43.3 Å². The van der Waals surface area contributed by atoms with Gasteiger partial charge in [-0.25, -0.2) is 0 Å². The lowest BCUT2D eigenvalue weighted by Crippen LogP contribution is -2.34. The number of carbonyl (C=O) groups is 1. The van der Waals surface area contributed by atoms with Gasteiger partial charge in [0.25, 0.3) is 11.5 Å². The minimum absolute atomic E-state index is 0.00254. The van der Waals surface area contributed by atoms with E-state index in [0.717, 1.165) is 0 Å². The van der Waals surface area contributed by atoms with E-state index in [1.807, 2.05) is 0 Å². The third-order valence-electron chi connectivity index (χ3n) is 6.57. The molecule has 0 aliphatic rings. The van der Waals surface area contributed by atoms with Crippen LogP contribution < -0.4 is 10.9 Å². The summed E-state index contributed by atoms with van der Waals surface area (Å²) in [4.78, 5) is 31.5. The lowest BCUT2D eigenvalue weighted by Gasteiger charge is -2.20. The molecule has 6 nitrogen and oxygen atoms in total. The summed E-state index contributed by atoms with van der Waals surface area (Å²) in [6, 6.07) is 12.8. The van der Waals surface area contributed by atoms with E-state index in [1.165, 1.54) is 10.8 Å². The van der Waals surface area contributed by atoms with Crippen LogP contribution in [0.2, 0.25) is 0 Å². The van der Waals surface area contributed by atoms with E-state index in [4.69, 9.17) is 0 Å². The fraction of sp³-hybridized carbons (Fsp3) is 0.276. The Kier molecular flexibility index (Phi) is 8.52. The summed E-state index contributed by atoms with van der Waals surface area (Å²) in [5.74, 6) is -1.11. The van der Waals surface area contributed by atoms with E-state index >= 15 is 0 Å². The van der Waals surface area contributed by atoms with Gasteiger partial charge in [-0.05, 0) is 47.7 Å². The zero-order valence-corrected chi connectivity index (χ0v) is 21.7. The molecule has 4 aromatic rings. The van der Waals surface area contributed by atoms with Gasteiger partial charge in [-0.15, -0.1) is 0 Å². The Hall–Kier alpha value is -4.19. The van der Waals surface area contributed by atoms with Crippen LogP contribution in [-0.4, -0.2) is 27.2 Å². The van der Waals surface area contributed by atoms with Gasteiger partial charge in [0.2, 0.25) is 0 Å². The number of amides is 1. The highest BCUT2D eigenvalue weighted by molar-refractivity contribution is 6.07. The molecule has 0 aliphatic carbocycles. The molecule has 4 rings (SSSR count). The number of fused-ring (bicyclic) bond motifs is 1. The minimum Gasteiger partial charge on any atom is -0.396 e. The molecule has 0 saturated carbocycles. The lowest BCUT2D eigenvalue weighted by molar-refractivity contribution is -0.143. The first kappa shape index (κ1) is 29.8. The maximum Gasteiger partial charge on any atom is 0.416 e. The molecule has 2 aromatic carbocycles. The summed E-state index contributed by atoms with van der Waals surface area (Å²) < 4.78 is 81.3. The average molecular weight is 578 g/mol. The molecule has 2 heterocycles. The van der Waals surface area contributed by atoms with Crippen molar-refractivity contribution >= 4 is 16.8 Å². The average Bonchev–Trinajstić information content (AvgIpc) is 2.94. The van der Waals surface area contributed by atoms with Gasteiger partial charge in [-0.3, -0.25) is 14.6 Å². The van der Waals surface area contributed by atoms with Gasteiger partial charge in [0.05, 0.1) is 11.1 Å². The number of aliphatic hydroxyl groups excluding tert-OH is 1. The molecule has 2 N–H and O–H groups in total.